The summed E-state index contributed by atoms with van der Waals surface area (Å²) in [7, 11) is 0. The maximum absolute atomic E-state index is 13.6. The van der Waals surface area contributed by atoms with Gasteiger partial charge in [-0.15, -0.1) is 11.6 Å². The summed E-state index contributed by atoms with van der Waals surface area (Å²) in [5.41, 5.74) is 0.967. The van der Waals surface area contributed by atoms with Gasteiger partial charge in [0.1, 0.15) is 6.61 Å². The molecule has 5 heteroatoms. The van der Waals surface area contributed by atoms with Crippen molar-refractivity contribution < 1.29 is 13.5 Å². The third kappa shape index (κ3) is 2.96. The van der Waals surface area contributed by atoms with Gasteiger partial charge in [-0.25, -0.2) is 8.78 Å². The Morgan fingerprint density at radius 3 is 2.44 bits per heavy atom. The molecule has 2 nitrogen and oxygen atoms in total. The van der Waals surface area contributed by atoms with Crippen LogP contribution in [0.25, 0.3) is 0 Å². The van der Waals surface area contributed by atoms with Crippen molar-refractivity contribution in [2.45, 2.75) is 12.5 Å². The summed E-state index contributed by atoms with van der Waals surface area (Å²) in [6.07, 6.45) is 1.59. The molecule has 0 aliphatic rings. The van der Waals surface area contributed by atoms with Crippen LogP contribution in [0.4, 0.5) is 8.78 Å². The highest BCUT2D eigenvalue weighted by molar-refractivity contribution is 6.17. The van der Waals surface area contributed by atoms with Crippen LogP contribution < -0.4 is 4.74 Å². The lowest BCUT2D eigenvalue weighted by molar-refractivity contribution is 0.270. The van der Waals surface area contributed by atoms with Crippen molar-refractivity contribution >= 4 is 11.6 Å². The summed E-state index contributed by atoms with van der Waals surface area (Å²) in [6, 6.07) is 7.55. The Hall–Kier alpha value is -1.68. The van der Waals surface area contributed by atoms with Crippen LogP contribution in [0.2, 0.25) is 0 Å². The van der Waals surface area contributed by atoms with Gasteiger partial charge >= 0.3 is 0 Å². The molecule has 0 saturated carbocycles. The van der Waals surface area contributed by atoms with Gasteiger partial charge in [-0.2, -0.15) is 0 Å². The minimum absolute atomic E-state index is 0.00883. The zero-order valence-electron chi connectivity index (χ0n) is 9.37. The van der Waals surface area contributed by atoms with Gasteiger partial charge in [0, 0.05) is 12.1 Å². The molecule has 0 aliphatic carbocycles. The molecule has 0 unspecified atom stereocenters. The van der Waals surface area contributed by atoms with E-state index in [0.717, 1.165) is 12.1 Å². The highest BCUT2D eigenvalue weighted by atomic mass is 35.5. The van der Waals surface area contributed by atoms with Gasteiger partial charge < -0.3 is 4.74 Å². The van der Waals surface area contributed by atoms with E-state index in [1.54, 1.807) is 24.4 Å². The lowest BCUT2D eigenvalue weighted by Crippen LogP contribution is -2.02. The predicted octanol–water partition coefficient (Wildman–Crippen LogP) is 3.68. The highest BCUT2D eigenvalue weighted by Crippen LogP contribution is 2.24. The molecule has 18 heavy (non-hydrogen) atoms. The summed E-state index contributed by atoms with van der Waals surface area (Å²) < 4.78 is 32.2. The summed E-state index contributed by atoms with van der Waals surface area (Å²) >= 11 is 5.51. The Balaban J connectivity index is 2.15. The lowest BCUT2D eigenvalue weighted by atomic mass is 10.2. The van der Waals surface area contributed by atoms with Crippen molar-refractivity contribution in [2.24, 2.45) is 0 Å². The van der Waals surface area contributed by atoms with Crippen LogP contribution in [0.15, 0.2) is 36.5 Å². The van der Waals surface area contributed by atoms with E-state index in [2.05, 4.69) is 4.98 Å². The fourth-order valence-corrected chi connectivity index (χ4v) is 1.61. The zero-order chi connectivity index (χ0) is 13.0. The molecule has 1 aromatic heterocycles. The summed E-state index contributed by atoms with van der Waals surface area (Å²) in [4.78, 5) is 4.00. The van der Waals surface area contributed by atoms with Gasteiger partial charge in [0.15, 0.2) is 17.4 Å². The summed E-state index contributed by atoms with van der Waals surface area (Å²) in [6.45, 7) is 0.00883. The molecule has 2 rings (SSSR count). The minimum atomic E-state index is -0.762. The molecule has 0 radical (unpaired) electrons. The van der Waals surface area contributed by atoms with Crippen molar-refractivity contribution in [1.29, 1.82) is 0 Å². The monoisotopic (exact) mass is 269 g/mol. The van der Waals surface area contributed by atoms with Crippen molar-refractivity contribution in [3.05, 3.63) is 59.4 Å². The Bertz CT molecular complexity index is 511. The second-order valence-electron chi connectivity index (χ2n) is 3.63. The smallest absolute Gasteiger partial charge is 0.191 e. The number of alkyl halides is 1. The maximum atomic E-state index is 13.6. The first-order valence-electron chi connectivity index (χ1n) is 5.27. The Labute approximate surface area is 108 Å². The number of nitrogens with zero attached hydrogens (tertiary/aromatic N) is 1. The minimum Gasteiger partial charge on any atom is -0.481 e. The van der Waals surface area contributed by atoms with E-state index in [-0.39, 0.29) is 12.5 Å². The third-order valence-electron chi connectivity index (χ3n) is 2.30. The standard InChI is InChI=1S/C13H10ClF2NO/c14-7-9-5-11(15)13(12(16)6-9)18-8-10-3-1-2-4-17-10/h1-6H,7-8H2. The first-order chi connectivity index (χ1) is 8.70. The van der Waals surface area contributed by atoms with Gasteiger partial charge in [0.05, 0.1) is 5.69 Å². The Kier molecular flexibility index (Phi) is 4.10. The molecule has 0 atom stereocenters. The summed E-state index contributed by atoms with van der Waals surface area (Å²) in [5, 5.41) is 0. The number of hydrogen-bond acceptors (Lipinski definition) is 2. The van der Waals surface area contributed by atoms with E-state index in [9.17, 15) is 8.78 Å². The van der Waals surface area contributed by atoms with Crippen LogP contribution in [0.5, 0.6) is 5.75 Å². The first kappa shape index (κ1) is 12.8. The van der Waals surface area contributed by atoms with Gasteiger partial charge in [-0.1, -0.05) is 6.07 Å². The van der Waals surface area contributed by atoms with Crippen molar-refractivity contribution in [1.82, 2.24) is 4.98 Å². The van der Waals surface area contributed by atoms with E-state index in [1.165, 1.54) is 0 Å². The van der Waals surface area contributed by atoms with Crippen molar-refractivity contribution in [2.75, 3.05) is 0 Å². The van der Waals surface area contributed by atoms with Crippen molar-refractivity contribution in [3.63, 3.8) is 0 Å². The Morgan fingerprint density at radius 1 is 1.17 bits per heavy atom. The molecular formula is C13H10ClF2NO. The second-order valence-corrected chi connectivity index (χ2v) is 3.90. The van der Waals surface area contributed by atoms with Crippen LogP contribution in [-0.4, -0.2) is 4.98 Å². The van der Waals surface area contributed by atoms with E-state index >= 15 is 0 Å². The number of hydrogen-bond donors (Lipinski definition) is 0. The average Bonchev–Trinajstić information content (AvgIpc) is 2.38. The molecule has 2 aromatic rings. The maximum Gasteiger partial charge on any atom is 0.191 e. The van der Waals surface area contributed by atoms with E-state index in [0.29, 0.717) is 11.3 Å². The molecule has 0 N–H and O–H groups in total. The van der Waals surface area contributed by atoms with E-state index < -0.39 is 17.4 Å². The van der Waals surface area contributed by atoms with Crippen LogP contribution in [0, 0.1) is 11.6 Å². The quantitative estimate of drug-likeness (QED) is 0.790. The van der Waals surface area contributed by atoms with E-state index in [4.69, 9.17) is 16.3 Å². The molecule has 94 valence electrons. The largest absolute Gasteiger partial charge is 0.481 e. The molecule has 0 spiro atoms. The SMILES string of the molecule is Fc1cc(CCl)cc(F)c1OCc1ccccn1. The number of pyridine rings is 1. The highest BCUT2D eigenvalue weighted by Gasteiger charge is 2.12. The molecule has 0 bridgehead atoms. The second kappa shape index (κ2) is 5.78. The van der Waals surface area contributed by atoms with Gasteiger partial charge in [0.25, 0.3) is 0 Å². The molecule has 0 fully saturated rings. The van der Waals surface area contributed by atoms with E-state index in [1.807, 2.05) is 0 Å². The first-order valence-corrected chi connectivity index (χ1v) is 5.80. The van der Waals surface area contributed by atoms with Gasteiger partial charge in [0.2, 0.25) is 0 Å². The topological polar surface area (TPSA) is 22.1 Å². The lowest BCUT2D eigenvalue weighted by Gasteiger charge is -2.09. The molecular weight excluding hydrogens is 260 g/mol. The number of ether oxygens (including phenoxy) is 1. The van der Waals surface area contributed by atoms with Crippen LogP contribution in [0.1, 0.15) is 11.3 Å². The fraction of sp³-hybridized carbons (Fsp3) is 0.154. The summed E-state index contributed by atoms with van der Waals surface area (Å²) in [5.74, 6) is -1.88. The molecule has 0 amide bonds. The molecule has 0 aliphatic heterocycles. The third-order valence-corrected chi connectivity index (χ3v) is 2.61. The number of rotatable bonds is 4. The molecule has 0 saturated heterocycles. The zero-order valence-corrected chi connectivity index (χ0v) is 10.1. The van der Waals surface area contributed by atoms with Crippen LogP contribution in [-0.2, 0) is 12.5 Å². The molecule has 1 heterocycles. The average molecular weight is 270 g/mol. The number of halogens is 3. The fourth-order valence-electron chi connectivity index (χ4n) is 1.46. The number of benzene rings is 1. The van der Waals surface area contributed by atoms with Gasteiger partial charge in [-0.05, 0) is 29.8 Å². The van der Waals surface area contributed by atoms with Crippen LogP contribution in [0.3, 0.4) is 0 Å². The normalized spacial score (nSPS) is 10.4. The predicted molar refractivity (Wildman–Crippen MR) is 64.5 cm³/mol. The van der Waals surface area contributed by atoms with Gasteiger partial charge in [-0.3, -0.25) is 4.98 Å². The number of aromatic nitrogens is 1. The van der Waals surface area contributed by atoms with Crippen molar-refractivity contribution in [3.8, 4) is 5.75 Å². The molecule has 1 aromatic carbocycles. The van der Waals surface area contributed by atoms with Crippen LogP contribution >= 0.6 is 11.6 Å². The Morgan fingerprint density at radius 2 is 1.89 bits per heavy atom.